The van der Waals surface area contributed by atoms with Crippen LogP contribution in [0.2, 0.25) is 0 Å². The van der Waals surface area contributed by atoms with Crippen molar-refractivity contribution >= 4 is 11.7 Å². The van der Waals surface area contributed by atoms with E-state index < -0.39 is 4.92 Å². The summed E-state index contributed by atoms with van der Waals surface area (Å²) in [7, 11) is 0. The van der Waals surface area contributed by atoms with Gasteiger partial charge in [-0.1, -0.05) is 31.9 Å². The van der Waals surface area contributed by atoms with E-state index in [4.69, 9.17) is 4.74 Å². The van der Waals surface area contributed by atoms with Gasteiger partial charge >= 0.3 is 5.97 Å². The van der Waals surface area contributed by atoms with Crippen molar-refractivity contribution in [3.05, 3.63) is 39.9 Å². The summed E-state index contributed by atoms with van der Waals surface area (Å²) in [6.07, 6.45) is 2.61. The summed E-state index contributed by atoms with van der Waals surface area (Å²) in [6.45, 7) is 4.16. The highest BCUT2D eigenvalue weighted by atomic mass is 16.6. The lowest BCUT2D eigenvalue weighted by atomic mass is 9.93. The molecule has 0 bridgehead atoms. The van der Waals surface area contributed by atoms with E-state index in [2.05, 4.69) is 6.92 Å². The Kier molecular flexibility index (Phi) is 5.99. The number of rotatable bonds is 7. The van der Waals surface area contributed by atoms with Gasteiger partial charge in [-0.15, -0.1) is 0 Å². The summed E-state index contributed by atoms with van der Waals surface area (Å²) >= 11 is 0. The number of hydrogen-bond acceptors (Lipinski definition) is 4. The highest BCUT2D eigenvalue weighted by Gasteiger charge is 2.22. The molecule has 0 radical (unpaired) electrons. The summed E-state index contributed by atoms with van der Waals surface area (Å²) in [4.78, 5) is 22.1. The Bertz CT molecular complexity index is 428. The maximum absolute atomic E-state index is 11.9. The van der Waals surface area contributed by atoms with Crippen molar-refractivity contribution in [3.8, 4) is 0 Å². The van der Waals surface area contributed by atoms with Crippen molar-refractivity contribution in [3.63, 3.8) is 0 Å². The number of ether oxygens (including phenoxy) is 1. The molecule has 0 unspecified atom stereocenters. The second kappa shape index (κ2) is 7.51. The van der Waals surface area contributed by atoms with Crippen LogP contribution >= 0.6 is 0 Å². The Morgan fingerprint density at radius 1 is 1.32 bits per heavy atom. The second-order valence-corrected chi connectivity index (χ2v) is 4.30. The fourth-order valence-corrected chi connectivity index (χ4v) is 1.90. The molecule has 0 aliphatic heterocycles. The van der Waals surface area contributed by atoms with Gasteiger partial charge in [0.15, 0.2) is 0 Å². The summed E-state index contributed by atoms with van der Waals surface area (Å²) in [5.74, 6) is -0.592. The molecule has 0 heterocycles. The van der Waals surface area contributed by atoms with Gasteiger partial charge in [0.2, 0.25) is 0 Å². The number of benzene rings is 1. The summed E-state index contributed by atoms with van der Waals surface area (Å²) in [5.41, 5.74) is 0.805. The summed E-state index contributed by atoms with van der Waals surface area (Å²) < 4.78 is 5.06. The first-order chi connectivity index (χ1) is 9.10. The molecule has 0 aliphatic carbocycles. The summed E-state index contributed by atoms with van der Waals surface area (Å²) in [6, 6.07) is 6.12. The lowest BCUT2D eigenvalue weighted by Gasteiger charge is -2.15. The molecular formula is C14H19NO4. The van der Waals surface area contributed by atoms with E-state index in [1.165, 1.54) is 12.1 Å². The normalized spacial score (nSPS) is 11.9. The lowest BCUT2D eigenvalue weighted by molar-refractivity contribution is -0.384. The Balaban J connectivity index is 2.89. The average molecular weight is 265 g/mol. The van der Waals surface area contributed by atoms with Gasteiger partial charge < -0.3 is 4.74 Å². The molecule has 0 N–H and O–H groups in total. The molecule has 1 rings (SSSR count). The van der Waals surface area contributed by atoms with Gasteiger partial charge in [-0.05, 0) is 18.9 Å². The fraction of sp³-hybridized carbons (Fsp3) is 0.500. The zero-order valence-electron chi connectivity index (χ0n) is 11.3. The van der Waals surface area contributed by atoms with Crippen LogP contribution in [0.1, 0.15) is 44.6 Å². The van der Waals surface area contributed by atoms with E-state index in [-0.39, 0.29) is 17.6 Å². The number of nitro benzene ring substituents is 1. The number of carbonyl (C=O) groups excluding carboxylic acids is 1. The molecule has 0 fully saturated rings. The van der Waals surface area contributed by atoms with Crippen molar-refractivity contribution in [1.29, 1.82) is 0 Å². The van der Waals surface area contributed by atoms with Crippen molar-refractivity contribution in [2.24, 2.45) is 0 Å². The largest absolute Gasteiger partial charge is 0.466 e. The second-order valence-electron chi connectivity index (χ2n) is 4.30. The molecule has 5 nitrogen and oxygen atoms in total. The minimum atomic E-state index is -0.449. The molecule has 5 heteroatoms. The monoisotopic (exact) mass is 265 g/mol. The van der Waals surface area contributed by atoms with Crippen LogP contribution in [0.3, 0.4) is 0 Å². The van der Waals surface area contributed by atoms with Gasteiger partial charge in [0.1, 0.15) is 0 Å². The third kappa shape index (κ3) is 4.35. The topological polar surface area (TPSA) is 69.4 Å². The van der Waals surface area contributed by atoms with Gasteiger partial charge in [-0.2, -0.15) is 0 Å². The van der Waals surface area contributed by atoms with Crippen molar-refractivity contribution < 1.29 is 14.5 Å². The van der Waals surface area contributed by atoms with Crippen LogP contribution in [-0.2, 0) is 9.53 Å². The zero-order valence-corrected chi connectivity index (χ0v) is 11.3. The molecule has 0 saturated heterocycles. The van der Waals surface area contributed by atoms with Gasteiger partial charge in [-0.25, -0.2) is 0 Å². The van der Waals surface area contributed by atoms with Crippen LogP contribution in [0.5, 0.6) is 0 Å². The molecule has 104 valence electrons. The van der Waals surface area contributed by atoms with Gasteiger partial charge in [0, 0.05) is 12.1 Å². The number of unbranched alkanes of at least 4 members (excludes halogenated alkanes) is 1. The third-order valence-electron chi connectivity index (χ3n) is 2.92. The van der Waals surface area contributed by atoms with E-state index in [9.17, 15) is 14.9 Å². The maximum atomic E-state index is 11.9. The summed E-state index contributed by atoms with van der Waals surface area (Å²) in [5, 5.41) is 10.6. The van der Waals surface area contributed by atoms with E-state index in [0.29, 0.717) is 13.0 Å². The number of nitro groups is 1. The SMILES string of the molecule is CCCC[C@@H](C(=O)OCC)c1ccc([N+](=O)[O-])cc1. The maximum Gasteiger partial charge on any atom is 0.313 e. The quantitative estimate of drug-likeness (QED) is 0.430. The Labute approximate surface area is 112 Å². The molecule has 1 atom stereocenters. The zero-order chi connectivity index (χ0) is 14.3. The molecule has 0 saturated carbocycles. The standard InChI is InChI=1S/C14H19NO4/c1-3-5-6-13(14(16)19-4-2)11-7-9-12(10-8-11)15(17)18/h7-10,13H,3-6H2,1-2H3/t13-/m1/s1. The van der Waals surface area contributed by atoms with Crippen LogP contribution in [0.25, 0.3) is 0 Å². The van der Waals surface area contributed by atoms with Crippen LogP contribution in [0.15, 0.2) is 24.3 Å². The van der Waals surface area contributed by atoms with E-state index in [1.54, 1.807) is 19.1 Å². The molecule has 19 heavy (non-hydrogen) atoms. The van der Waals surface area contributed by atoms with Crippen molar-refractivity contribution in [2.75, 3.05) is 6.61 Å². The lowest BCUT2D eigenvalue weighted by Crippen LogP contribution is -2.16. The van der Waals surface area contributed by atoms with E-state index >= 15 is 0 Å². The highest BCUT2D eigenvalue weighted by Crippen LogP contribution is 2.25. The first kappa shape index (κ1) is 15.1. The molecule has 0 aromatic heterocycles. The Morgan fingerprint density at radius 2 is 1.95 bits per heavy atom. The number of nitrogens with zero attached hydrogens (tertiary/aromatic N) is 1. The van der Waals surface area contributed by atoms with E-state index in [0.717, 1.165) is 18.4 Å². The highest BCUT2D eigenvalue weighted by molar-refractivity contribution is 5.78. The minimum Gasteiger partial charge on any atom is -0.466 e. The fourth-order valence-electron chi connectivity index (χ4n) is 1.90. The molecule has 1 aromatic carbocycles. The van der Waals surface area contributed by atoms with Crippen LogP contribution in [0, 0.1) is 10.1 Å². The number of hydrogen-bond donors (Lipinski definition) is 0. The smallest absolute Gasteiger partial charge is 0.313 e. The number of non-ortho nitro benzene ring substituents is 1. The van der Waals surface area contributed by atoms with Gasteiger partial charge in [0.25, 0.3) is 5.69 Å². The molecule has 0 amide bonds. The van der Waals surface area contributed by atoms with Gasteiger partial charge in [-0.3, -0.25) is 14.9 Å². The Hall–Kier alpha value is -1.91. The first-order valence-corrected chi connectivity index (χ1v) is 6.51. The average Bonchev–Trinajstić information content (AvgIpc) is 2.40. The molecule has 0 spiro atoms. The molecular weight excluding hydrogens is 246 g/mol. The predicted octanol–water partition coefficient (Wildman–Crippen LogP) is 3.43. The number of carbonyl (C=O) groups is 1. The van der Waals surface area contributed by atoms with Crippen molar-refractivity contribution in [1.82, 2.24) is 0 Å². The molecule has 0 aliphatic rings. The van der Waals surface area contributed by atoms with E-state index in [1.807, 2.05) is 0 Å². The number of esters is 1. The third-order valence-corrected chi connectivity index (χ3v) is 2.92. The minimum absolute atomic E-state index is 0.0295. The van der Waals surface area contributed by atoms with Crippen LogP contribution < -0.4 is 0 Å². The van der Waals surface area contributed by atoms with Crippen LogP contribution in [0.4, 0.5) is 5.69 Å². The van der Waals surface area contributed by atoms with Gasteiger partial charge in [0.05, 0.1) is 17.4 Å². The first-order valence-electron chi connectivity index (χ1n) is 6.51. The Morgan fingerprint density at radius 3 is 2.42 bits per heavy atom. The molecule has 1 aromatic rings. The predicted molar refractivity (Wildman–Crippen MR) is 72.0 cm³/mol. The van der Waals surface area contributed by atoms with Crippen LogP contribution in [-0.4, -0.2) is 17.5 Å². The van der Waals surface area contributed by atoms with Crippen molar-refractivity contribution in [2.45, 2.75) is 39.0 Å².